The predicted octanol–water partition coefficient (Wildman–Crippen LogP) is 2.69. The molecule has 26 heavy (non-hydrogen) atoms. The number of aliphatic hydroxyl groups is 2. The van der Waals surface area contributed by atoms with Crippen LogP contribution < -0.4 is 5.32 Å². The van der Waals surface area contributed by atoms with Gasteiger partial charge in [-0.25, -0.2) is 4.79 Å². The van der Waals surface area contributed by atoms with Crippen LogP contribution in [0, 0.1) is 0 Å². The summed E-state index contributed by atoms with van der Waals surface area (Å²) < 4.78 is 0. The van der Waals surface area contributed by atoms with E-state index >= 15 is 0 Å². The molecule has 5 N–H and O–H groups in total. The third-order valence-corrected chi connectivity index (χ3v) is 3.51. The highest BCUT2D eigenvalue weighted by Crippen LogP contribution is 2.22. The Morgan fingerprint density at radius 2 is 1.73 bits per heavy atom. The number of aromatic carboxylic acids is 1. The molecule has 2 aromatic rings. The van der Waals surface area contributed by atoms with Gasteiger partial charge >= 0.3 is 5.97 Å². The number of rotatable bonds is 5. The van der Waals surface area contributed by atoms with Gasteiger partial charge < -0.3 is 25.7 Å². The Balaban J connectivity index is 0.000000314. The van der Waals surface area contributed by atoms with Crippen molar-refractivity contribution in [2.24, 2.45) is 0 Å². The molecule has 0 bridgehead atoms. The summed E-state index contributed by atoms with van der Waals surface area (Å²) in [6.07, 6.45) is -0.653. The van der Waals surface area contributed by atoms with E-state index in [0.29, 0.717) is 23.2 Å². The van der Waals surface area contributed by atoms with Gasteiger partial charge in [-0.1, -0.05) is 24.3 Å². The normalized spacial score (nSPS) is 12.0. The molecule has 6 nitrogen and oxygen atoms in total. The van der Waals surface area contributed by atoms with E-state index in [-0.39, 0.29) is 17.9 Å². The lowest BCUT2D eigenvalue weighted by atomic mass is 10.0. The highest BCUT2D eigenvalue weighted by Gasteiger charge is 2.14. The summed E-state index contributed by atoms with van der Waals surface area (Å²) >= 11 is 0. The first-order chi connectivity index (χ1) is 12.1. The molecule has 0 spiro atoms. The van der Waals surface area contributed by atoms with Crippen LogP contribution in [0.1, 0.15) is 48.4 Å². The van der Waals surface area contributed by atoms with Gasteiger partial charge in [0.1, 0.15) is 5.75 Å². The molecule has 0 aliphatic carbocycles. The molecule has 6 heteroatoms. The van der Waals surface area contributed by atoms with Gasteiger partial charge in [0, 0.05) is 17.6 Å². The number of carboxylic acids is 1. The molecule has 0 unspecified atom stereocenters. The number of phenols is 1. The second-order valence-electron chi connectivity index (χ2n) is 6.86. The molecular formula is C20H27NO5. The monoisotopic (exact) mass is 361 g/mol. The van der Waals surface area contributed by atoms with Gasteiger partial charge in [0.25, 0.3) is 0 Å². The molecule has 142 valence electrons. The zero-order valence-electron chi connectivity index (χ0n) is 15.3. The Hall–Kier alpha value is -2.41. The van der Waals surface area contributed by atoms with Crippen molar-refractivity contribution in [1.29, 1.82) is 0 Å². The minimum atomic E-state index is -0.879. The molecule has 0 radical (unpaired) electrons. The standard InChI is InChI=1S/C13H21NO3.C7H6O2/c1-13(2,3)14-7-12(17)9-4-5-11(16)10(6-9)8-15;8-7(9)6-4-2-1-3-5-6/h4-6,12,14-17H,7-8H2,1-3H3;1-5H,(H,8,9)/t12-;/m0./s1. The number of carboxylic acid groups (broad SMARTS) is 1. The molecule has 0 saturated heterocycles. The van der Waals surface area contributed by atoms with Crippen LogP contribution in [0.3, 0.4) is 0 Å². The number of hydrogen-bond donors (Lipinski definition) is 5. The lowest BCUT2D eigenvalue weighted by molar-refractivity contribution is 0.0697. The highest BCUT2D eigenvalue weighted by atomic mass is 16.4. The van der Waals surface area contributed by atoms with Crippen LogP contribution in [0.15, 0.2) is 48.5 Å². The highest BCUT2D eigenvalue weighted by molar-refractivity contribution is 5.87. The predicted molar refractivity (Wildman–Crippen MR) is 100 cm³/mol. The van der Waals surface area contributed by atoms with Crippen molar-refractivity contribution in [2.75, 3.05) is 6.54 Å². The average Bonchev–Trinajstić information content (AvgIpc) is 2.60. The maximum Gasteiger partial charge on any atom is 0.335 e. The number of hydrogen-bond acceptors (Lipinski definition) is 5. The second kappa shape index (κ2) is 9.91. The van der Waals surface area contributed by atoms with Crippen LogP contribution in [0.2, 0.25) is 0 Å². The van der Waals surface area contributed by atoms with E-state index in [1.54, 1.807) is 42.5 Å². The van der Waals surface area contributed by atoms with Gasteiger partial charge in [-0.2, -0.15) is 0 Å². The number of β-amino-alcohol motifs (C(OH)–C–C–N with tert-alkyl or cyclic N) is 1. The van der Waals surface area contributed by atoms with E-state index in [2.05, 4.69) is 5.32 Å². The third kappa shape index (κ3) is 7.65. The van der Waals surface area contributed by atoms with E-state index in [9.17, 15) is 15.0 Å². The number of aromatic hydroxyl groups is 1. The van der Waals surface area contributed by atoms with Crippen molar-refractivity contribution in [3.8, 4) is 5.75 Å². The Morgan fingerprint density at radius 3 is 2.19 bits per heavy atom. The van der Waals surface area contributed by atoms with Crippen LogP contribution in [0.5, 0.6) is 5.75 Å². The first-order valence-corrected chi connectivity index (χ1v) is 8.28. The molecule has 0 saturated carbocycles. The average molecular weight is 361 g/mol. The molecular weight excluding hydrogens is 334 g/mol. The first-order valence-electron chi connectivity index (χ1n) is 8.28. The maximum atomic E-state index is 10.2. The van der Waals surface area contributed by atoms with E-state index in [1.807, 2.05) is 20.8 Å². The number of benzene rings is 2. The topological polar surface area (TPSA) is 110 Å². The van der Waals surface area contributed by atoms with Crippen molar-refractivity contribution < 1.29 is 25.2 Å². The van der Waals surface area contributed by atoms with Gasteiger partial charge in [-0.3, -0.25) is 0 Å². The fraction of sp³-hybridized carbons (Fsp3) is 0.350. The van der Waals surface area contributed by atoms with E-state index in [0.717, 1.165) is 0 Å². The fourth-order valence-electron chi connectivity index (χ4n) is 2.04. The summed E-state index contributed by atoms with van der Waals surface area (Å²) in [5.74, 6) is -0.831. The van der Waals surface area contributed by atoms with Gasteiger partial charge in [0.2, 0.25) is 0 Å². The van der Waals surface area contributed by atoms with Crippen LogP contribution in [-0.2, 0) is 6.61 Å². The molecule has 0 fully saturated rings. The molecule has 0 amide bonds. The first kappa shape index (κ1) is 21.6. The summed E-state index contributed by atoms with van der Waals surface area (Å²) in [5, 5.41) is 40.0. The number of nitrogens with one attached hydrogen (secondary N) is 1. The minimum absolute atomic E-state index is 0.0484. The number of aliphatic hydroxyl groups excluding tert-OH is 2. The van der Waals surface area contributed by atoms with Crippen molar-refractivity contribution in [1.82, 2.24) is 5.32 Å². The Bertz CT molecular complexity index is 695. The van der Waals surface area contributed by atoms with Crippen LogP contribution in [0.4, 0.5) is 0 Å². The molecule has 0 aliphatic heterocycles. The summed E-state index contributed by atoms with van der Waals surface area (Å²) in [6.45, 7) is 6.26. The fourth-order valence-corrected chi connectivity index (χ4v) is 2.04. The molecule has 0 aliphatic rings. The van der Waals surface area contributed by atoms with E-state index in [1.165, 1.54) is 6.07 Å². The van der Waals surface area contributed by atoms with Gasteiger partial charge in [-0.15, -0.1) is 0 Å². The van der Waals surface area contributed by atoms with Gasteiger partial charge in [0.15, 0.2) is 0 Å². The Labute approximate surface area is 153 Å². The molecule has 2 rings (SSSR count). The lowest BCUT2D eigenvalue weighted by Crippen LogP contribution is -2.38. The van der Waals surface area contributed by atoms with Crippen LogP contribution in [-0.4, -0.2) is 38.5 Å². The quantitative estimate of drug-likeness (QED) is 0.560. The zero-order valence-corrected chi connectivity index (χ0v) is 15.3. The molecule has 0 heterocycles. The molecule has 1 atom stereocenters. The smallest absolute Gasteiger partial charge is 0.335 e. The SMILES string of the molecule is CC(C)(C)NC[C@H](O)c1ccc(O)c(CO)c1.O=C(O)c1ccccc1. The summed E-state index contributed by atoms with van der Waals surface area (Å²) in [4.78, 5) is 10.2. The maximum absolute atomic E-state index is 10.2. The van der Waals surface area contributed by atoms with Gasteiger partial charge in [0.05, 0.1) is 18.3 Å². The molecule has 2 aromatic carbocycles. The van der Waals surface area contributed by atoms with Crippen LogP contribution in [0.25, 0.3) is 0 Å². The third-order valence-electron chi connectivity index (χ3n) is 3.51. The second-order valence-corrected chi connectivity index (χ2v) is 6.86. The number of carbonyl (C=O) groups is 1. The zero-order chi connectivity index (χ0) is 19.7. The Kier molecular flexibility index (Phi) is 8.25. The largest absolute Gasteiger partial charge is 0.508 e. The summed E-state index contributed by atoms with van der Waals surface area (Å²) in [7, 11) is 0. The lowest BCUT2D eigenvalue weighted by Gasteiger charge is -2.23. The van der Waals surface area contributed by atoms with Crippen molar-refractivity contribution in [3.63, 3.8) is 0 Å². The van der Waals surface area contributed by atoms with Crippen LogP contribution >= 0.6 is 0 Å². The summed E-state index contributed by atoms with van der Waals surface area (Å²) in [6, 6.07) is 13.1. The summed E-state index contributed by atoms with van der Waals surface area (Å²) in [5.41, 5.74) is 1.39. The van der Waals surface area contributed by atoms with Gasteiger partial charge in [-0.05, 0) is 50.6 Å². The van der Waals surface area contributed by atoms with E-state index in [4.69, 9.17) is 10.2 Å². The van der Waals surface area contributed by atoms with Crippen molar-refractivity contribution in [2.45, 2.75) is 39.0 Å². The van der Waals surface area contributed by atoms with Crippen molar-refractivity contribution >= 4 is 5.97 Å². The van der Waals surface area contributed by atoms with Crippen molar-refractivity contribution in [3.05, 3.63) is 65.2 Å². The Morgan fingerprint density at radius 1 is 1.12 bits per heavy atom. The molecule has 0 aromatic heterocycles. The minimum Gasteiger partial charge on any atom is -0.508 e. The van der Waals surface area contributed by atoms with E-state index < -0.39 is 12.1 Å².